The molecule has 0 aliphatic carbocycles. The molecule has 102 valence electrons. The van der Waals surface area contributed by atoms with Crippen LogP contribution in [0.2, 0.25) is 0 Å². The van der Waals surface area contributed by atoms with Crippen molar-refractivity contribution in [2.75, 3.05) is 33.2 Å². The van der Waals surface area contributed by atoms with E-state index >= 15 is 0 Å². The van der Waals surface area contributed by atoms with E-state index in [1.807, 2.05) is 20.9 Å². The molecule has 5 nitrogen and oxygen atoms in total. The molecule has 1 heterocycles. The molecule has 1 rings (SSSR count). The summed E-state index contributed by atoms with van der Waals surface area (Å²) in [5, 5.41) is 3.15. The molecule has 0 spiro atoms. The van der Waals surface area contributed by atoms with E-state index in [1.54, 1.807) is 4.31 Å². The van der Waals surface area contributed by atoms with Crippen LogP contribution < -0.4 is 10.0 Å². The summed E-state index contributed by atoms with van der Waals surface area (Å²) >= 11 is 0. The van der Waals surface area contributed by atoms with Gasteiger partial charge in [0, 0.05) is 19.6 Å². The van der Waals surface area contributed by atoms with Crippen LogP contribution in [0.25, 0.3) is 0 Å². The SMILES string of the molecule is CNCC1CCN(S(=O)(=O)NCC(C)C)CC1. The van der Waals surface area contributed by atoms with Gasteiger partial charge in [-0.25, -0.2) is 4.72 Å². The van der Waals surface area contributed by atoms with Crippen molar-refractivity contribution in [3.8, 4) is 0 Å². The molecule has 0 unspecified atom stereocenters. The summed E-state index contributed by atoms with van der Waals surface area (Å²) in [6.45, 7) is 6.77. The number of rotatable bonds is 6. The van der Waals surface area contributed by atoms with E-state index in [1.165, 1.54) is 0 Å². The van der Waals surface area contributed by atoms with Gasteiger partial charge in [0.05, 0.1) is 0 Å². The Morgan fingerprint density at radius 1 is 1.29 bits per heavy atom. The van der Waals surface area contributed by atoms with E-state index in [4.69, 9.17) is 0 Å². The number of hydrogen-bond donors (Lipinski definition) is 2. The lowest BCUT2D eigenvalue weighted by Crippen LogP contribution is -2.46. The Hall–Kier alpha value is -0.170. The normalized spacial score (nSPS) is 20.0. The van der Waals surface area contributed by atoms with Gasteiger partial charge in [0.25, 0.3) is 10.2 Å². The predicted molar refractivity (Wildman–Crippen MR) is 70.0 cm³/mol. The van der Waals surface area contributed by atoms with Crippen LogP contribution in [-0.2, 0) is 10.2 Å². The van der Waals surface area contributed by atoms with Crippen molar-refractivity contribution in [2.45, 2.75) is 26.7 Å². The highest BCUT2D eigenvalue weighted by atomic mass is 32.2. The van der Waals surface area contributed by atoms with Gasteiger partial charge in [-0.3, -0.25) is 0 Å². The third-order valence-electron chi connectivity index (χ3n) is 3.08. The predicted octanol–water partition coefficient (Wildman–Crippen LogP) is 0.408. The second-order valence-corrected chi connectivity index (χ2v) is 6.90. The van der Waals surface area contributed by atoms with Gasteiger partial charge in [0.1, 0.15) is 0 Å². The van der Waals surface area contributed by atoms with Crippen molar-refractivity contribution >= 4 is 10.2 Å². The Morgan fingerprint density at radius 2 is 1.88 bits per heavy atom. The lowest BCUT2D eigenvalue weighted by atomic mass is 9.98. The first-order valence-electron chi connectivity index (χ1n) is 6.35. The smallest absolute Gasteiger partial charge is 0.279 e. The third kappa shape index (κ3) is 4.91. The maximum Gasteiger partial charge on any atom is 0.279 e. The van der Waals surface area contributed by atoms with Gasteiger partial charge in [0.15, 0.2) is 0 Å². The van der Waals surface area contributed by atoms with Crippen molar-refractivity contribution in [1.29, 1.82) is 0 Å². The van der Waals surface area contributed by atoms with Gasteiger partial charge in [0.2, 0.25) is 0 Å². The van der Waals surface area contributed by atoms with E-state index in [2.05, 4.69) is 10.0 Å². The van der Waals surface area contributed by atoms with Crippen LogP contribution in [-0.4, -0.2) is 45.9 Å². The zero-order valence-electron chi connectivity index (χ0n) is 11.1. The first-order valence-corrected chi connectivity index (χ1v) is 7.79. The lowest BCUT2D eigenvalue weighted by Gasteiger charge is -2.31. The Kier molecular flexibility index (Phi) is 5.85. The molecule has 0 bridgehead atoms. The summed E-state index contributed by atoms with van der Waals surface area (Å²) < 4.78 is 28.1. The summed E-state index contributed by atoms with van der Waals surface area (Å²) in [6, 6.07) is 0. The largest absolute Gasteiger partial charge is 0.319 e. The van der Waals surface area contributed by atoms with E-state index in [0.29, 0.717) is 31.5 Å². The summed E-state index contributed by atoms with van der Waals surface area (Å²) in [6.07, 6.45) is 1.90. The van der Waals surface area contributed by atoms with Crippen LogP contribution in [0.4, 0.5) is 0 Å². The zero-order chi connectivity index (χ0) is 12.9. The zero-order valence-corrected chi connectivity index (χ0v) is 11.9. The molecule has 0 saturated carbocycles. The average Bonchev–Trinajstić information content (AvgIpc) is 2.28. The lowest BCUT2D eigenvalue weighted by molar-refractivity contribution is 0.268. The van der Waals surface area contributed by atoms with Crippen molar-refractivity contribution in [3.05, 3.63) is 0 Å². The fourth-order valence-corrected chi connectivity index (χ4v) is 3.42. The maximum absolute atomic E-state index is 12.0. The Morgan fingerprint density at radius 3 is 2.35 bits per heavy atom. The van der Waals surface area contributed by atoms with Gasteiger partial charge < -0.3 is 5.32 Å². The standard InChI is InChI=1S/C11H25N3O2S/c1-10(2)8-13-17(15,16)14-6-4-11(5-7-14)9-12-3/h10-13H,4-9H2,1-3H3. The van der Waals surface area contributed by atoms with E-state index in [0.717, 1.165) is 19.4 Å². The first-order chi connectivity index (χ1) is 7.95. The van der Waals surface area contributed by atoms with E-state index in [-0.39, 0.29) is 0 Å². The van der Waals surface area contributed by atoms with Crippen molar-refractivity contribution in [2.24, 2.45) is 11.8 Å². The Bertz CT molecular complexity index is 309. The molecule has 0 radical (unpaired) electrons. The van der Waals surface area contributed by atoms with Crippen LogP contribution in [0, 0.1) is 11.8 Å². The van der Waals surface area contributed by atoms with Gasteiger partial charge in [-0.1, -0.05) is 13.8 Å². The molecule has 17 heavy (non-hydrogen) atoms. The number of hydrogen-bond acceptors (Lipinski definition) is 3. The molecule has 1 aliphatic rings. The third-order valence-corrected chi connectivity index (χ3v) is 4.66. The fourth-order valence-electron chi connectivity index (χ4n) is 2.01. The van der Waals surface area contributed by atoms with Crippen LogP contribution in [0.3, 0.4) is 0 Å². The van der Waals surface area contributed by atoms with Crippen LogP contribution >= 0.6 is 0 Å². The number of nitrogens with one attached hydrogen (secondary N) is 2. The molecular weight excluding hydrogens is 238 g/mol. The Labute approximate surface area is 105 Å². The molecule has 1 aliphatic heterocycles. The highest BCUT2D eigenvalue weighted by Crippen LogP contribution is 2.18. The molecule has 0 amide bonds. The molecule has 1 saturated heterocycles. The monoisotopic (exact) mass is 263 g/mol. The van der Waals surface area contributed by atoms with Crippen LogP contribution in [0.5, 0.6) is 0 Å². The highest BCUT2D eigenvalue weighted by Gasteiger charge is 2.27. The minimum Gasteiger partial charge on any atom is -0.319 e. The maximum atomic E-state index is 12.0. The van der Waals surface area contributed by atoms with E-state index < -0.39 is 10.2 Å². The molecule has 1 fully saturated rings. The van der Waals surface area contributed by atoms with Crippen molar-refractivity contribution in [1.82, 2.24) is 14.3 Å². The molecule has 0 aromatic rings. The molecule has 6 heteroatoms. The van der Waals surface area contributed by atoms with Crippen molar-refractivity contribution in [3.63, 3.8) is 0 Å². The van der Waals surface area contributed by atoms with Gasteiger partial charge in [-0.05, 0) is 38.3 Å². The van der Waals surface area contributed by atoms with Crippen LogP contribution in [0.15, 0.2) is 0 Å². The fraction of sp³-hybridized carbons (Fsp3) is 1.00. The number of nitrogens with zero attached hydrogens (tertiary/aromatic N) is 1. The topological polar surface area (TPSA) is 61.4 Å². The quantitative estimate of drug-likeness (QED) is 0.729. The second kappa shape index (κ2) is 6.68. The van der Waals surface area contributed by atoms with Gasteiger partial charge in [-0.15, -0.1) is 0 Å². The minimum atomic E-state index is -3.25. The van der Waals surface area contributed by atoms with Crippen LogP contribution in [0.1, 0.15) is 26.7 Å². The Balaban J connectivity index is 2.41. The molecule has 2 N–H and O–H groups in total. The molecular formula is C11H25N3O2S. The molecule has 0 aromatic heterocycles. The summed E-state index contributed by atoms with van der Waals surface area (Å²) in [5.41, 5.74) is 0. The molecule has 0 aromatic carbocycles. The van der Waals surface area contributed by atoms with E-state index in [9.17, 15) is 8.42 Å². The first kappa shape index (κ1) is 14.9. The highest BCUT2D eigenvalue weighted by molar-refractivity contribution is 7.87. The van der Waals surface area contributed by atoms with Crippen molar-refractivity contribution < 1.29 is 8.42 Å². The second-order valence-electron chi connectivity index (χ2n) is 5.15. The van der Waals surface area contributed by atoms with Gasteiger partial charge >= 0.3 is 0 Å². The molecule has 0 atom stereocenters. The van der Waals surface area contributed by atoms with Gasteiger partial charge in [-0.2, -0.15) is 12.7 Å². The summed E-state index contributed by atoms with van der Waals surface area (Å²) in [7, 11) is -1.32. The number of piperidine rings is 1. The minimum absolute atomic E-state index is 0.339. The average molecular weight is 263 g/mol. The summed E-state index contributed by atoms with van der Waals surface area (Å²) in [4.78, 5) is 0. The summed E-state index contributed by atoms with van der Waals surface area (Å²) in [5.74, 6) is 0.947.